The summed E-state index contributed by atoms with van der Waals surface area (Å²) in [4.78, 5) is 9.79. The fraction of sp³-hybridized carbons (Fsp3) is 0. The smallest absolute Gasteiger partial charge is 0.156 e. The molecule has 0 aliphatic heterocycles. The first-order valence-electron chi connectivity index (χ1n) is 16.9. The van der Waals surface area contributed by atoms with Crippen LogP contribution in [0.1, 0.15) is 0 Å². The average molecular weight is 639 g/mol. The van der Waals surface area contributed by atoms with Gasteiger partial charge in [-0.05, 0) is 58.7 Å². The van der Waals surface area contributed by atoms with Crippen LogP contribution in [-0.2, 0) is 0 Å². The van der Waals surface area contributed by atoms with Gasteiger partial charge in [0.25, 0.3) is 0 Å². The molecule has 0 spiro atoms. The number of rotatable bonds is 5. The standard InChI is InChI=1S/C46H30N4/c1-3-12-31(13-4-1)32-22-24-33(25-23-32)35-16-11-17-36(26-35)49-42-20-9-7-18-37(42)39-28-45-40(27-44(39)49)38-19-8-10-21-43(38)50(45)46-30-47-41(29-48-46)34-14-5-2-6-15-34/h1-30H. The molecule has 0 N–H and O–H groups in total. The summed E-state index contributed by atoms with van der Waals surface area (Å²) in [5.74, 6) is 0.796. The lowest BCUT2D eigenvalue weighted by Gasteiger charge is -2.11. The molecule has 4 nitrogen and oxygen atoms in total. The molecule has 234 valence electrons. The lowest BCUT2D eigenvalue weighted by Crippen LogP contribution is -1.99. The SMILES string of the molecule is c1ccc(-c2ccc(-c3cccc(-n4c5ccccc5c5cc6c(cc54)c4ccccc4n6-c4cnc(-c5ccccc5)cn4)c3)cc2)cc1. The van der Waals surface area contributed by atoms with E-state index in [1.165, 1.54) is 54.8 Å². The molecule has 0 bridgehead atoms. The molecule has 3 aromatic heterocycles. The van der Waals surface area contributed by atoms with Crippen LogP contribution in [0, 0.1) is 0 Å². The Balaban J connectivity index is 1.15. The molecular weight excluding hydrogens is 609 g/mol. The van der Waals surface area contributed by atoms with Crippen LogP contribution in [0.25, 0.3) is 88.6 Å². The molecule has 0 fully saturated rings. The van der Waals surface area contributed by atoms with Crippen molar-refractivity contribution in [3.63, 3.8) is 0 Å². The van der Waals surface area contributed by atoms with Crippen molar-refractivity contribution in [2.45, 2.75) is 0 Å². The molecule has 4 heteroatoms. The van der Waals surface area contributed by atoms with Crippen LogP contribution in [0.3, 0.4) is 0 Å². The van der Waals surface area contributed by atoms with Gasteiger partial charge in [-0.1, -0.05) is 133 Å². The predicted octanol–water partition coefficient (Wildman–Crippen LogP) is 11.7. The van der Waals surface area contributed by atoms with Crippen LogP contribution < -0.4 is 0 Å². The lowest BCUT2D eigenvalue weighted by molar-refractivity contribution is 1.04. The van der Waals surface area contributed by atoms with Crippen LogP contribution in [0.2, 0.25) is 0 Å². The van der Waals surface area contributed by atoms with E-state index in [0.717, 1.165) is 33.8 Å². The fourth-order valence-electron chi connectivity index (χ4n) is 7.46. The van der Waals surface area contributed by atoms with Crippen molar-refractivity contribution in [1.82, 2.24) is 19.1 Å². The summed E-state index contributed by atoms with van der Waals surface area (Å²) < 4.78 is 4.66. The minimum atomic E-state index is 0.796. The van der Waals surface area contributed by atoms with Crippen molar-refractivity contribution < 1.29 is 0 Å². The van der Waals surface area contributed by atoms with E-state index in [-0.39, 0.29) is 0 Å². The Kier molecular flexibility index (Phi) is 6.46. The monoisotopic (exact) mass is 638 g/mol. The lowest BCUT2D eigenvalue weighted by atomic mass is 10.00. The van der Waals surface area contributed by atoms with E-state index in [4.69, 9.17) is 9.97 Å². The number of fused-ring (bicyclic) bond motifs is 6. The minimum Gasteiger partial charge on any atom is -0.309 e. The quantitative estimate of drug-likeness (QED) is 0.188. The normalized spacial score (nSPS) is 11.6. The number of para-hydroxylation sites is 2. The molecule has 0 aliphatic rings. The van der Waals surface area contributed by atoms with E-state index < -0.39 is 0 Å². The van der Waals surface area contributed by atoms with E-state index in [2.05, 4.69) is 161 Å². The van der Waals surface area contributed by atoms with Crippen LogP contribution >= 0.6 is 0 Å². The van der Waals surface area contributed by atoms with E-state index in [1.54, 1.807) is 0 Å². The summed E-state index contributed by atoms with van der Waals surface area (Å²) >= 11 is 0. The second kappa shape index (κ2) is 11.4. The second-order valence-electron chi connectivity index (χ2n) is 12.7. The number of aromatic nitrogens is 4. The highest BCUT2D eigenvalue weighted by molar-refractivity contribution is 6.19. The topological polar surface area (TPSA) is 35.6 Å². The van der Waals surface area contributed by atoms with Gasteiger partial charge in [-0.2, -0.15) is 0 Å². The summed E-state index contributed by atoms with van der Waals surface area (Å²) in [6.07, 6.45) is 3.76. The predicted molar refractivity (Wildman–Crippen MR) is 207 cm³/mol. The number of hydrogen-bond acceptors (Lipinski definition) is 2. The maximum atomic E-state index is 4.95. The van der Waals surface area contributed by atoms with E-state index in [1.807, 2.05) is 30.6 Å². The Hall–Kier alpha value is -6.78. The van der Waals surface area contributed by atoms with Gasteiger partial charge in [-0.15, -0.1) is 0 Å². The van der Waals surface area contributed by atoms with Crippen molar-refractivity contribution in [3.8, 4) is 45.0 Å². The molecule has 10 aromatic rings. The molecule has 50 heavy (non-hydrogen) atoms. The van der Waals surface area contributed by atoms with Gasteiger partial charge in [0, 0.05) is 32.8 Å². The highest BCUT2D eigenvalue weighted by Gasteiger charge is 2.19. The van der Waals surface area contributed by atoms with E-state index in [0.29, 0.717) is 0 Å². The first-order valence-corrected chi connectivity index (χ1v) is 16.9. The molecular formula is C46H30N4. The third-order valence-electron chi connectivity index (χ3n) is 9.83. The highest BCUT2D eigenvalue weighted by Crippen LogP contribution is 2.40. The zero-order chi connectivity index (χ0) is 33.0. The summed E-state index contributed by atoms with van der Waals surface area (Å²) in [6, 6.07) is 60.5. The van der Waals surface area contributed by atoms with Gasteiger partial charge in [-0.3, -0.25) is 9.55 Å². The zero-order valence-corrected chi connectivity index (χ0v) is 27.1. The Labute approximate surface area is 289 Å². The van der Waals surface area contributed by atoms with Gasteiger partial charge in [0.05, 0.1) is 40.2 Å². The molecule has 10 rings (SSSR count). The van der Waals surface area contributed by atoms with Gasteiger partial charge in [0.1, 0.15) is 0 Å². The Bertz CT molecular complexity index is 2830. The van der Waals surface area contributed by atoms with Crippen molar-refractivity contribution in [1.29, 1.82) is 0 Å². The number of hydrogen-bond donors (Lipinski definition) is 0. The van der Waals surface area contributed by atoms with Crippen LogP contribution in [0.4, 0.5) is 0 Å². The van der Waals surface area contributed by atoms with Crippen molar-refractivity contribution >= 4 is 43.6 Å². The molecule has 0 saturated heterocycles. The van der Waals surface area contributed by atoms with Crippen LogP contribution in [-0.4, -0.2) is 19.1 Å². The number of nitrogens with zero attached hydrogens (tertiary/aromatic N) is 4. The average Bonchev–Trinajstić information content (AvgIpc) is 3.70. The molecule has 0 saturated carbocycles. The molecule has 0 aliphatic carbocycles. The second-order valence-corrected chi connectivity index (χ2v) is 12.7. The Morgan fingerprint density at radius 1 is 0.320 bits per heavy atom. The van der Waals surface area contributed by atoms with Gasteiger partial charge in [-0.25, -0.2) is 4.98 Å². The third kappa shape index (κ3) is 4.54. The van der Waals surface area contributed by atoms with Crippen LogP contribution in [0.5, 0.6) is 0 Å². The van der Waals surface area contributed by atoms with Gasteiger partial charge >= 0.3 is 0 Å². The molecule has 0 amide bonds. The van der Waals surface area contributed by atoms with Crippen LogP contribution in [0.15, 0.2) is 182 Å². The fourth-order valence-corrected chi connectivity index (χ4v) is 7.46. The summed E-state index contributed by atoms with van der Waals surface area (Å²) in [6.45, 7) is 0. The zero-order valence-electron chi connectivity index (χ0n) is 27.1. The van der Waals surface area contributed by atoms with Crippen molar-refractivity contribution in [2.24, 2.45) is 0 Å². The molecule has 0 unspecified atom stereocenters. The Morgan fingerprint density at radius 3 is 1.48 bits per heavy atom. The first kappa shape index (κ1) is 28.3. The summed E-state index contributed by atoms with van der Waals surface area (Å²) in [5, 5.41) is 4.77. The molecule has 7 aromatic carbocycles. The summed E-state index contributed by atoms with van der Waals surface area (Å²) in [7, 11) is 0. The summed E-state index contributed by atoms with van der Waals surface area (Å²) in [5.41, 5.74) is 12.4. The largest absolute Gasteiger partial charge is 0.309 e. The maximum absolute atomic E-state index is 4.95. The van der Waals surface area contributed by atoms with Gasteiger partial charge in [0.15, 0.2) is 5.82 Å². The Morgan fingerprint density at radius 2 is 0.840 bits per heavy atom. The van der Waals surface area contributed by atoms with Gasteiger partial charge in [0.2, 0.25) is 0 Å². The van der Waals surface area contributed by atoms with E-state index >= 15 is 0 Å². The molecule has 0 radical (unpaired) electrons. The maximum Gasteiger partial charge on any atom is 0.156 e. The minimum absolute atomic E-state index is 0.796. The van der Waals surface area contributed by atoms with Gasteiger partial charge < -0.3 is 4.57 Å². The van der Waals surface area contributed by atoms with E-state index in [9.17, 15) is 0 Å². The van der Waals surface area contributed by atoms with Crippen molar-refractivity contribution in [2.75, 3.05) is 0 Å². The molecule has 3 heterocycles. The van der Waals surface area contributed by atoms with Crippen molar-refractivity contribution in [3.05, 3.63) is 182 Å². The third-order valence-corrected chi connectivity index (χ3v) is 9.83. The molecule has 0 atom stereocenters. The highest BCUT2D eigenvalue weighted by atomic mass is 15.1. The number of benzene rings is 7. The first-order chi connectivity index (χ1) is 24.8.